The molecule has 0 fully saturated rings. The Kier molecular flexibility index (Phi) is 6.95. The fourth-order valence-electron chi connectivity index (χ4n) is 3.03. The van der Waals surface area contributed by atoms with Crippen LogP contribution in [0.5, 0.6) is 5.75 Å². The summed E-state index contributed by atoms with van der Waals surface area (Å²) < 4.78 is 23.1. The molecule has 0 aliphatic rings. The first-order chi connectivity index (χ1) is 14.0. The largest absolute Gasteiger partial charge is 0.486 e. The van der Waals surface area contributed by atoms with Crippen LogP contribution in [0, 0.1) is 17.5 Å². The van der Waals surface area contributed by atoms with E-state index in [2.05, 4.69) is 35.6 Å². The summed E-state index contributed by atoms with van der Waals surface area (Å²) >= 11 is 5.62. The van der Waals surface area contributed by atoms with Gasteiger partial charge in [0, 0.05) is 13.1 Å². The maximum atomic E-state index is 13.1. The molecule has 0 atom stereocenters. The zero-order chi connectivity index (χ0) is 20.8. The molecule has 3 aromatic rings. The smallest absolute Gasteiger partial charge is 0.199 e. The molecule has 5 nitrogen and oxygen atoms in total. The molecule has 0 saturated heterocycles. The van der Waals surface area contributed by atoms with Crippen LogP contribution in [-0.2, 0) is 26.4 Å². The van der Waals surface area contributed by atoms with Gasteiger partial charge >= 0.3 is 0 Å². The van der Waals surface area contributed by atoms with Gasteiger partial charge in [-0.3, -0.25) is 9.47 Å². The molecule has 7 heteroatoms. The van der Waals surface area contributed by atoms with E-state index in [9.17, 15) is 4.39 Å². The Morgan fingerprint density at radius 2 is 1.93 bits per heavy atom. The molecule has 0 saturated carbocycles. The van der Waals surface area contributed by atoms with E-state index in [0.717, 1.165) is 6.54 Å². The number of hydrogen-bond donors (Lipinski definition) is 0. The van der Waals surface area contributed by atoms with E-state index >= 15 is 0 Å². The van der Waals surface area contributed by atoms with Crippen LogP contribution in [0.2, 0.25) is 0 Å². The highest BCUT2D eigenvalue weighted by molar-refractivity contribution is 7.71. The molecular formula is C22H25FN4OS. The van der Waals surface area contributed by atoms with Gasteiger partial charge in [-0.15, -0.1) is 6.58 Å². The Hall–Kier alpha value is -2.77. The summed E-state index contributed by atoms with van der Waals surface area (Å²) in [5.41, 5.74) is 2.53. The van der Waals surface area contributed by atoms with E-state index in [0.29, 0.717) is 29.6 Å². The third-order valence-electron chi connectivity index (χ3n) is 4.57. The number of hydrogen-bond acceptors (Lipinski definition) is 4. The predicted molar refractivity (Wildman–Crippen MR) is 115 cm³/mol. The number of aromatic nitrogens is 3. The molecule has 0 N–H and O–H groups in total. The van der Waals surface area contributed by atoms with Gasteiger partial charge in [0.15, 0.2) is 10.6 Å². The van der Waals surface area contributed by atoms with Gasteiger partial charge in [-0.05, 0) is 61.6 Å². The number of rotatable bonds is 9. The van der Waals surface area contributed by atoms with Crippen LogP contribution in [0.15, 0.2) is 61.2 Å². The van der Waals surface area contributed by atoms with Crippen molar-refractivity contribution in [1.29, 1.82) is 0 Å². The SMILES string of the molecule is C=CCn1c(COc2ccc(F)cc2)nn(CN(C)Cc2ccccc2C)c1=S. The van der Waals surface area contributed by atoms with Gasteiger partial charge in [0.2, 0.25) is 0 Å². The molecule has 0 aliphatic heterocycles. The third-order valence-corrected chi connectivity index (χ3v) is 5.00. The van der Waals surface area contributed by atoms with Gasteiger partial charge in [-0.2, -0.15) is 5.10 Å². The van der Waals surface area contributed by atoms with Gasteiger partial charge in [0.25, 0.3) is 0 Å². The van der Waals surface area contributed by atoms with Crippen molar-refractivity contribution >= 4 is 12.2 Å². The van der Waals surface area contributed by atoms with Crippen molar-refractivity contribution in [3.63, 3.8) is 0 Å². The van der Waals surface area contributed by atoms with Crippen molar-refractivity contribution in [2.45, 2.75) is 33.3 Å². The van der Waals surface area contributed by atoms with Gasteiger partial charge in [-0.1, -0.05) is 30.3 Å². The van der Waals surface area contributed by atoms with Crippen molar-refractivity contribution < 1.29 is 9.13 Å². The summed E-state index contributed by atoms with van der Waals surface area (Å²) in [5, 5.41) is 4.65. The van der Waals surface area contributed by atoms with E-state index in [1.165, 1.54) is 23.3 Å². The Bertz CT molecular complexity index is 1030. The zero-order valence-electron chi connectivity index (χ0n) is 16.7. The minimum absolute atomic E-state index is 0.234. The molecule has 0 amide bonds. The lowest BCUT2D eigenvalue weighted by Crippen LogP contribution is -2.23. The van der Waals surface area contributed by atoms with E-state index in [-0.39, 0.29) is 12.4 Å². The maximum Gasteiger partial charge on any atom is 0.199 e. The monoisotopic (exact) mass is 412 g/mol. The summed E-state index contributed by atoms with van der Waals surface area (Å²) in [6.45, 7) is 8.04. The predicted octanol–water partition coefficient (Wildman–Crippen LogP) is 4.72. The molecule has 0 aliphatic carbocycles. The van der Waals surface area contributed by atoms with Crippen molar-refractivity contribution in [2.24, 2.45) is 0 Å². The summed E-state index contributed by atoms with van der Waals surface area (Å²) in [4.78, 5) is 2.16. The molecule has 1 heterocycles. The van der Waals surface area contributed by atoms with Crippen LogP contribution in [0.4, 0.5) is 4.39 Å². The first-order valence-electron chi connectivity index (χ1n) is 9.36. The first kappa shape index (κ1) is 21.0. The lowest BCUT2D eigenvalue weighted by atomic mass is 10.1. The Labute approximate surface area is 175 Å². The van der Waals surface area contributed by atoms with Crippen LogP contribution in [0.25, 0.3) is 0 Å². The minimum atomic E-state index is -0.298. The van der Waals surface area contributed by atoms with Crippen LogP contribution in [-0.4, -0.2) is 26.3 Å². The lowest BCUT2D eigenvalue weighted by Gasteiger charge is -2.17. The van der Waals surface area contributed by atoms with Crippen LogP contribution >= 0.6 is 12.2 Å². The van der Waals surface area contributed by atoms with Crippen molar-refractivity contribution in [1.82, 2.24) is 19.2 Å². The summed E-state index contributed by atoms with van der Waals surface area (Å²) in [6, 6.07) is 14.2. The highest BCUT2D eigenvalue weighted by Gasteiger charge is 2.13. The second-order valence-corrected chi connectivity index (χ2v) is 7.29. The average Bonchev–Trinajstić information content (AvgIpc) is 2.98. The van der Waals surface area contributed by atoms with Gasteiger partial charge in [0.05, 0.1) is 6.67 Å². The number of nitrogens with zero attached hydrogens (tertiary/aromatic N) is 4. The molecular weight excluding hydrogens is 387 g/mol. The fourth-order valence-corrected chi connectivity index (χ4v) is 3.31. The van der Waals surface area contributed by atoms with Crippen molar-refractivity contribution in [3.8, 4) is 5.75 Å². The van der Waals surface area contributed by atoms with Gasteiger partial charge < -0.3 is 4.74 Å². The van der Waals surface area contributed by atoms with Crippen LogP contribution < -0.4 is 4.74 Å². The number of ether oxygens (including phenoxy) is 1. The molecule has 0 unspecified atom stereocenters. The number of benzene rings is 2. The minimum Gasteiger partial charge on any atom is -0.486 e. The third kappa shape index (κ3) is 5.40. The lowest BCUT2D eigenvalue weighted by molar-refractivity contribution is 0.240. The molecule has 0 bridgehead atoms. The number of halogens is 1. The Morgan fingerprint density at radius 1 is 1.21 bits per heavy atom. The van der Waals surface area contributed by atoms with Crippen LogP contribution in [0.3, 0.4) is 0 Å². The molecule has 1 aromatic heterocycles. The van der Waals surface area contributed by atoms with E-state index < -0.39 is 0 Å². The second kappa shape index (κ2) is 9.62. The quantitative estimate of drug-likeness (QED) is 0.376. The normalized spacial score (nSPS) is 11.0. The molecule has 2 aromatic carbocycles. The molecule has 0 spiro atoms. The first-order valence-corrected chi connectivity index (χ1v) is 9.77. The molecule has 152 valence electrons. The second-order valence-electron chi connectivity index (χ2n) is 6.92. The highest BCUT2D eigenvalue weighted by Crippen LogP contribution is 2.14. The van der Waals surface area contributed by atoms with Gasteiger partial charge in [-0.25, -0.2) is 9.07 Å². The number of allylic oxidation sites excluding steroid dienone is 1. The standard InChI is InChI=1S/C22H25FN4OS/c1-4-13-26-21(15-28-20-11-9-19(23)10-12-20)24-27(22(26)29)16-25(3)14-18-8-6-5-7-17(18)2/h4-12H,1,13-16H2,2-3H3. The number of aryl methyl sites for hydroxylation is 1. The fraction of sp³-hybridized carbons (Fsp3) is 0.273. The molecule has 0 radical (unpaired) electrons. The summed E-state index contributed by atoms with van der Waals surface area (Å²) in [7, 11) is 2.04. The maximum absolute atomic E-state index is 13.1. The Balaban J connectivity index is 1.74. The summed E-state index contributed by atoms with van der Waals surface area (Å²) in [5.74, 6) is 0.977. The van der Waals surface area contributed by atoms with E-state index in [1.54, 1.807) is 22.9 Å². The molecule has 3 rings (SSSR count). The van der Waals surface area contributed by atoms with E-state index in [1.807, 2.05) is 23.7 Å². The Morgan fingerprint density at radius 3 is 2.62 bits per heavy atom. The van der Waals surface area contributed by atoms with Gasteiger partial charge in [0.1, 0.15) is 18.2 Å². The highest BCUT2D eigenvalue weighted by atomic mass is 32.1. The van der Waals surface area contributed by atoms with E-state index in [4.69, 9.17) is 17.0 Å². The van der Waals surface area contributed by atoms with Crippen LogP contribution in [0.1, 0.15) is 17.0 Å². The summed E-state index contributed by atoms with van der Waals surface area (Å²) in [6.07, 6.45) is 1.78. The van der Waals surface area contributed by atoms with Crippen molar-refractivity contribution in [2.75, 3.05) is 7.05 Å². The molecule has 29 heavy (non-hydrogen) atoms. The average molecular weight is 413 g/mol. The van der Waals surface area contributed by atoms with Crippen molar-refractivity contribution in [3.05, 3.63) is 88.7 Å². The topological polar surface area (TPSA) is 35.2 Å². The zero-order valence-corrected chi connectivity index (χ0v) is 17.5.